The number of aliphatic hydroxyl groups is 1. The van der Waals surface area contributed by atoms with Gasteiger partial charge in [0.1, 0.15) is 19.3 Å². The highest BCUT2D eigenvalue weighted by Gasteiger charge is 2.24. The summed E-state index contributed by atoms with van der Waals surface area (Å²) in [4.78, 5) is 53.1. The van der Waals surface area contributed by atoms with Crippen molar-refractivity contribution in [1.82, 2.24) is 0 Å². The maximum atomic E-state index is 11.0. The van der Waals surface area contributed by atoms with E-state index in [0.29, 0.717) is 37.6 Å². The van der Waals surface area contributed by atoms with Gasteiger partial charge in [0.15, 0.2) is 0 Å². The van der Waals surface area contributed by atoms with Gasteiger partial charge in [-0.05, 0) is 45.3 Å². The van der Waals surface area contributed by atoms with Gasteiger partial charge in [-0.2, -0.15) is 0 Å². The largest absolute Gasteiger partial charge is 0.478 e. The molecule has 284 valence electrons. The second kappa shape index (κ2) is 33.4. The first-order valence-electron chi connectivity index (χ1n) is 16.2. The number of carboxylic acid groups (broad SMARTS) is 1. The van der Waals surface area contributed by atoms with E-state index >= 15 is 0 Å². The molecule has 1 heterocycles. The van der Waals surface area contributed by atoms with E-state index in [9.17, 15) is 24.0 Å². The normalized spacial score (nSPS) is 11.9. The van der Waals surface area contributed by atoms with Crippen molar-refractivity contribution in [1.29, 1.82) is 0 Å². The van der Waals surface area contributed by atoms with Crippen molar-refractivity contribution in [2.75, 3.05) is 39.6 Å². The molecule has 1 saturated heterocycles. The predicted octanol–water partition coefficient (Wildman–Crippen LogP) is 6.36. The summed E-state index contributed by atoms with van der Waals surface area (Å²) in [6.45, 7) is 27.5. The topological polar surface area (TPSA) is 175 Å². The summed E-state index contributed by atoms with van der Waals surface area (Å²) in [5.74, 6) is -2.81. The van der Waals surface area contributed by atoms with Crippen molar-refractivity contribution < 1.29 is 57.9 Å². The molecule has 1 unspecified atom stereocenters. The van der Waals surface area contributed by atoms with Crippen LogP contribution in [0.15, 0.2) is 97.7 Å². The highest BCUT2D eigenvalue weighted by molar-refractivity contribution is 5.95. The van der Waals surface area contributed by atoms with Crippen LogP contribution in [-0.4, -0.2) is 85.8 Å². The van der Waals surface area contributed by atoms with Crippen molar-refractivity contribution in [3.63, 3.8) is 0 Å². The van der Waals surface area contributed by atoms with Crippen molar-refractivity contribution in [2.45, 2.75) is 66.4 Å². The molecule has 1 atom stereocenters. The fourth-order valence-electron chi connectivity index (χ4n) is 2.47. The number of ether oxygens (including phenoxy) is 5. The Morgan fingerprint density at radius 1 is 0.804 bits per heavy atom. The zero-order valence-corrected chi connectivity index (χ0v) is 30.8. The van der Waals surface area contributed by atoms with Crippen LogP contribution in [0.25, 0.3) is 6.08 Å². The van der Waals surface area contributed by atoms with Crippen molar-refractivity contribution >= 4 is 35.9 Å². The van der Waals surface area contributed by atoms with E-state index in [0.717, 1.165) is 31.8 Å². The number of benzene rings is 1. The smallest absolute Gasteiger partial charge is 0.337 e. The lowest BCUT2D eigenvalue weighted by molar-refractivity contribution is -0.140. The number of unbranched alkanes of at least 4 members (excludes halogenated alkanes) is 2. The summed E-state index contributed by atoms with van der Waals surface area (Å²) >= 11 is 0. The van der Waals surface area contributed by atoms with Crippen LogP contribution >= 0.6 is 0 Å². The number of carboxylic acids is 1. The molecule has 0 bridgehead atoms. The third kappa shape index (κ3) is 34.6. The number of hydrogen-bond donors (Lipinski definition) is 2. The monoisotopic (exact) mass is 716 g/mol. The van der Waals surface area contributed by atoms with Crippen molar-refractivity contribution in [3.8, 4) is 0 Å². The second-order valence-corrected chi connectivity index (χ2v) is 10.5. The van der Waals surface area contributed by atoms with Gasteiger partial charge in [0.25, 0.3) is 0 Å². The Bertz CT molecular complexity index is 1270. The molecule has 12 nitrogen and oxygen atoms in total. The van der Waals surface area contributed by atoms with Crippen LogP contribution in [0.4, 0.5) is 0 Å². The molecular weight excluding hydrogens is 660 g/mol. The van der Waals surface area contributed by atoms with E-state index in [4.69, 9.17) is 24.4 Å². The van der Waals surface area contributed by atoms with Crippen LogP contribution in [0.5, 0.6) is 0 Å². The zero-order chi connectivity index (χ0) is 39.6. The molecule has 12 heteroatoms. The molecule has 1 aromatic rings. The molecule has 1 fully saturated rings. The van der Waals surface area contributed by atoms with E-state index in [-0.39, 0.29) is 48.4 Å². The van der Waals surface area contributed by atoms with Crippen LogP contribution in [0, 0.1) is 0 Å². The lowest BCUT2D eigenvalue weighted by Crippen LogP contribution is -2.10. The highest BCUT2D eigenvalue weighted by atomic mass is 16.6. The average Bonchev–Trinajstić information content (AvgIpc) is 3.95. The number of carbonyl (C=O) groups excluding carboxylic acids is 4. The first kappa shape index (κ1) is 50.3. The average molecular weight is 717 g/mol. The molecule has 1 aliphatic rings. The second-order valence-electron chi connectivity index (χ2n) is 10.5. The Hall–Kier alpha value is -5.07. The standard InChI is InChI=1S/C9H12O5.C8H14O2.C8H8.C7H10O3.C7H12O2/c1-6(8(11)12)5-7(2)9(13)14-4-3-10;1-4-5-6-10-8(9)7(2)3;1-2-8-6-4-3-5-7-8;1-5(2)7(8)10-4-6-3-9-6;1-3-5-6-9-7(8)4-2/h5,10H,2-4H2,1H3,(H,11,12);2,4-6H2,1,3H3;2-7H,1H2;6H,1,3-4H2,2H3;4H,2-3,5-6H2,1H3. The number of carbonyl (C=O) groups is 5. The van der Waals surface area contributed by atoms with Crippen LogP contribution < -0.4 is 0 Å². The van der Waals surface area contributed by atoms with Crippen LogP contribution in [0.1, 0.15) is 65.9 Å². The van der Waals surface area contributed by atoms with Gasteiger partial charge < -0.3 is 33.9 Å². The predicted molar refractivity (Wildman–Crippen MR) is 197 cm³/mol. The van der Waals surface area contributed by atoms with Crippen molar-refractivity contribution in [2.24, 2.45) is 0 Å². The summed E-state index contributed by atoms with van der Waals surface area (Å²) < 4.78 is 23.6. The Morgan fingerprint density at radius 3 is 1.69 bits per heavy atom. The van der Waals surface area contributed by atoms with Gasteiger partial charge in [0.05, 0.1) is 32.0 Å². The van der Waals surface area contributed by atoms with Gasteiger partial charge in [0.2, 0.25) is 0 Å². The number of hydrogen-bond acceptors (Lipinski definition) is 11. The highest BCUT2D eigenvalue weighted by Crippen LogP contribution is 2.09. The van der Waals surface area contributed by atoms with Gasteiger partial charge in [-0.1, -0.05) is 96.0 Å². The van der Waals surface area contributed by atoms with Gasteiger partial charge in [-0.15, -0.1) is 0 Å². The van der Waals surface area contributed by atoms with E-state index < -0.39 is 11.9 Å². The minimum absolute atomic E-state index is 0.00375. The zero-order valence-electron chi connectivity index (χ0n) is 30.8. The van der Waals surface area contributed by atoms with Gasteiger partial charge in [0, 0.05) is 22.8 Å². The fraction of sp³-hybridized carbons (Fsp3) is 0.410. The summed E-state index contributed by atoms with van der Waals surface area (Å²) in [6.07, 6.45) is 8.22. The molecule has 51 heavy (non-hydrogen) atoms. The molecule has 1 aromatic carbocycles. The number of aliphatic hydroxyl groups excluding tert-OH is 1. The Labute approximate surface area is 302 Å². The number of epoxide rings is 1. The molecule has 0 spiro atoms. The molecule has 2 N–H and O–H groups in total. The molecule has 0 aromatic heterocycles. The SMILES string of the molecule is C=C(C)C(=O)OCC1CO1.C=C(C)C(=O)OCCCC.C=C(C=C(C)C(=O)O)C(=O)OCCO.C=CC(=O)OCCCC.C=Cc1ccccc1. The molecule has 0 amide bonds. The summed E-state index contributed by atoms with van der Waals surface area (Å²) in [7, 11) is 0. The summed E-state index contributed by atoms with van der Waals surface area (Å²) in [5, 5.41) is 16.8. The molecule has 0 aliphatic carbocycles. The van der Waals surface area contributed by atoms with Crippen LogP contribution in [0.3, 0.4) is 0 Å². The minimum Gasteiger partial charge on any atom is -0.478 e. The summed E-state index contributed by atoms with van der Waals surface area (Å²) in [6, 6.07) is 10.0. The lowest BCUT2D eigenvalue weighted by Gasteiger charge is -2.02. The fourth-order valence-corrected chi connectivity index (χ4v) is 2.47. The molecule has 0 radical (unpaired) electrons. The minimum atomic E-state index is -1.12. The maximum Gasteiger partial charge on any atom is 0.337 e. The lowest BCUT2D eigenvalue weighted by atomic mass is 10.2. The first-order valence-corrected chi connectivity index (χ1v) is 16.2. The van der Waals surface area contributed by atoms with Crippen LogP contribution in [0.2, 0.25) is 0 Å². The first-order chi connectivity index (χ1) is 24.1. The number of esters is 4. The Morgan fingerprint density at radius 2 is 1.29 bits per heavy atom. The molecular formula is C39H56O12. The van der Waals surface area contributed by atoms with Gasteiger partial charge >= 0.3 is 29.8 Å². The molecule has 1 aliphatic heterocycles. The van der Waals surface area contributed by atoms with Gasteiger partial charge in [-0.3, -0.25) is 0 Å². The van der Waals surface area contributed by atoms with E-state index in [2.05, 4.69) is 49.3 Å². The van der Waals surface area contributed by atoms with Gasteiger partial charge in [-0.25, -0.2) is 24.0 Å². The molecule has 0 saturated carbocycles. The third-order valence-electron chi connectivity index (χ3n) is 5.49. The third-order valence-corrected chi connectivity index (χ3v) is 5.49. The summed E-state index contributed by atoms with van der Waals surface area (Å²) in [5.41, 5.74) is 2.01. The molecule has 2 rings (SSSR count). The van der Waals surface area contributed by atoms with Crippen molar-refractivity contribution in [3.05, 3.63) is 103 Å². The Kier molecular flexibility index (Phi) is 33.0. The van der Waals surface area contributed by atoms with E-state index in [1.165, 1.54) is 18.6 Å². The number of rotatable bonds is 17. The maximum absolute atomic E-state index is 11.0. The van der Waals surface area contributed by atoms with Crippen LogP contribution in [-0.2, 0) is 47.7 Å². The quantitative estimate of drug-likeness (QED) is 0.0456. The number of aliphatic carboxylic acids is 1. The Balaban J connectivity index is -0.000000572. The van der Waals surface area contributed by atoms with E-state index in [1.807, 2.05) is 43.3 Å². The van der Waals surface area contributed by atoms with E-state index in [1.54, 1.807) is 13.8 Å².